The van der Waals surface area contributed by atoms with Gasteiger partial charge in [0.1, 0.15) is 0 Å². The van der Waals surface area contributed by atoms with Crippen LogP contribution in [-0.4, -0.2) is 42.5 Å². The van der Waals surface area contributed by atoms with Gasteiger partial charge in [-0.3, -0.25) is 9.59 Å². The third kappa shape index (κ3) is 3.81. The van der Waals surface area contributed by atoms with Crippen molar-refractivity contribution in [1.82, 2.24) is 10.2 Å². The van der Waals surface area contributed by atoms with Crippen molar-refractivity contribution in [3.05, 3.63) is 35.9 Å². The lowest BCUT2D eigenvalue weighted by Gasteiger charge is -2.32. The first-order chi connectivity index (χ1) is 9.70. The van der Waals surface area contributed by atoms with Crippen molar-refractivity contribution in [3.8, 4) is 0 Å². The number of rotatable bonds is 5. The van der Waals surface area contributed by atoms with Gasteiger partial charge in [0, 0.05) is 19.6 Å². The van der Waals surface area contributed by atoms with Crippen molar-refractivity contribution in [2.75, 3.05) is 19.7 Å². The predicted octanol–water partition coefficient (Wildman–Crippen LogP) is 0.940. The van der Waals surface area contributed by atoms with Gasteiger partial charge < -0.3 is 15.0 Å². The summed E-state index contributed by atoms with van der Waals surface area (Å²) in [6.45, 7) is 4.04. The van der Waals surface area contributed by atoms with Gasteiger partial charge in [-0.05, 0) is 12.5 Å². The third-order valence-electron chi connectivity index (χ3n) is 3.27. The first-order valence-electron chi connectivity index (χ1n) is 6.92. The largest absolute Gasteiger partial charge is 0.466 e. The number of hydrogen-bond donors (Lipinski definition) is 1. The molecule has 108 valence electrons. The van der Waals surface area contributed by atoms with Gasteiger partial charge in [-0.25, -0.2) is 0 Å². The zero-order valence-electron chi connectivity index (χ0n) is 11.7. The van der Waals surface area contributed by atoms with Crippen molar-refractivity contribution in [1.29, 1.82) is 0 Å². The second-order valence-corrected chi connectivity index (χ2v) is 4.76. The maximum Gasteiger partial charge on any atom is 0.307 e. The Morgan fingerprint density at radius 1 is 1.40 bits per heavy atom. The molecule has 0 radical (unpaired) electrons. The first-order valence-corrected chi connectivity index (χ1v) is 6.92. The van der Waals surface area contributed by atoms with Gasteiger partial charge in [0.15, 0.2) is 0 Å². The summed E-state index contributed by atoms with van der Waals surface area (Å²) in [5.41, 5.74) is 1.10. The highest BCUT2D eigenvalue weighted by Crippen LogP contribution is 2.11. The van der Waals surface area contributed by atoms with Crippen LogP contribution in [0.15, 0.2) is 30.3 Å². The van der Waals surface area contributed by atoms with Crippen LogP contribution >= 0.6 is 0 Å². The Hall–Kier alpha value is -1.88. The normalized spacial score (nSPS) is 18.9. The SMILES string of the molecule is CCOC(=O)C[C@H]1NCCN(Cc2ccccc2)C1=O. The maximum atomic E-state index is 12.3. The van der Waals surface area contributed by atoms with Crippen LogP contribution in [0.5, 0.6) is 0 Å². The molecular weight excluding hydrogens is 256 g/mol. The number of esters is 1. The molecule has 2 rings (SSSR count). The molecule has 1 amide bonds. The number of nitrogens with one attached hydrogen (secondary N) is 1. The van der Waals surface area contributed by atoms with Crippen molar-refractivity contribution in [2.45, 2.75) is 25.9 Å². The van der Waals surface area contributed by atoms with Crippen LogP contribution in [0.2, 0.25) is 0 Å². The lowest BCUT2D eigenvalue weighted by atomic mass is 10.1. The molecule has 20 heavy (non-hydrogen) atoms. The molecule has 0 aromatic heterocycles. The summed E-state index contributed by atoms with van der Waals surface area (Å²) in [7, 11) is 0. The van der Waals surface area contributed by atoms with Crippen LogP contribution in [0.1, 0.15) is 18.9 Å². The molecule has 1 aliphatic heterocycles. The van der Waals surface area contributed by atoms with Gasteiger partial charge in [-0.15, -0.1) is 0 Å². The first kappa shape index (κ1) is 14.5. The van der Waals surface area contributed by atoms with Crippen LogP contribution in [0.25, 0.3) is 0 Å². The minimum atomic E-state index is -0.466. The number of hydrogen-bond acceptors (Lipinski definition) is 4. The van der Waals surface area contributed by atoms with Crippen LogP contribution in [-0.2, 0) is 20.9 Å². The molecular formula is C15H20N2O3. The highest BCUT2D eigenvalue weighted by molar-refractivity contribution is 5.87. The van der Waals surface area contributed by atoms with Crippen LogP contribution in [0, 0.1) is 0 Å². The molecule has 1 fully saturated rings. The number of benzene rings is 1. The molecule has 0 aliphatic carbocycles. The molecule has 1 aromatic carbocycles. The number of amides is 1. The summed E-state index contributed by atoms with van der Waals surface area (Å²) in [4.78, 5) is 25.6. The van der Waals surface area contributed by atoms with E-state index in [9.17, 15) is 9.59 Å². The van der Waals surface area contributed by atoms with E-state index >= 15 is 0 Å². The van der Waals surface area contributed by atoms with E-state index in [0.717, 1.165) is 5.56 Å². The lowest BCUT2D eigenvalue weighted by Crippen LogP contribution is -2.55. The van der Waals surface area contributed by atoms with Crippen LogP contribution < -0.4 is 5.32 Å². The average Bonchev–Trinajstić information content (AvgIpc) is 2.45. The van der Waals surface area contributed by atoms with E-state index in [1.165, 1.54) is 0 Å². The number of carbonyl (C=O) groups excluding carboxylic acids is 2. The van der Waals surface area contributed by atoms with E-state index in [1.807, 2.05) is 30.3 Å². The lowest BCUT2D eigenvalue weighted by molar-refractivity contribution is -0.148. The zero-order chi connectivity index (χ0) is 14.4. The molecule has 1 saturated heterocycles. The average molecular weight is 276 g/mol. The Morgan fingerprint density at radius 3 is 2.85 bits per heavy atom. The Morgan fingerprint density at radius 2 is 2.15 bits per heavy atom. The monoisotopic (exact) mass is 276 g/mol. The molecule has 5 nitrogen and oxygen atoms in total. The fourth-order valence-electron chi connectivity index (χ4n) is 2.30. The van der Waals surface area contributed by atoms with Gasteiger partial charge >= 0.3 is 5.97 Å². The second-order valence-electron chi connectivity index (χ2n) is 4.76. The predicted molar refractivity (Wildman–Crippen MR) is 74.9 cm³/mol. The van der Waals surface area contributed by atoms with Gasteiger partial charge in [-0.1, -0.05) is 30.3 Å². The van der Waals surface area contributed by atoms with Crippen molar-refractivity contribution in [3.63, 3.8) is 0 Å². The second kappa shape index (κ2) is 7.05. The van der Waals surface area contributed by atoms with Crippen molar-refractivity contribution in [2.24, 2.45) is 0 Å². The summed E-state index contributed by atoms with van der Waals surface area (Å²) in [5.74, 6) is -0.368. The van der Waals surface area contributed by atoms with E-state index in [-0.39, 0.29) is 18.3 Å². The van der Waals surface area contributed by atoms with E-state index in [1.54, 1.807) is 11.8 Å². The Balaban J connectivity index is 1.94. The van der Waals surface area contributed by atoms with Gasteiger partial charge in [0.2, 0.25) is 5.91 Å². The van der Waals surface area contributed by atoms with Gasteiger partial charge in [-0.2, -0.15) is 0 Å². The Bertz CT molecular complexity index is 461. The summed E-state index contributed by atoms with van der Waals surface area (Å²) in [5, 5.41) is 3.08. The number of ether oxygens (including phenoxy) is 1. The maximum absolute atomic E-state index is 12.3. The summed E-state index contributed by atoms with van der Waals surface area (Å²) >= 11 is 0. The highest BCUT2D eigenvalue weighted by atomic mass is 16.5. The Kier molecular flexibility index (Phi) is 5.12. The Labute approximate surface area is 118 Å². The topological polar surface area (TPSA) is 58.6 Å². The molecule has 0 unspecified atom stereocenters. The standard InChI is InChI=1S/C15H20N2O3/c1-2-20-14(18)10-13-15(19)17(9-8-16-13)11-12-6-4-3-5-7-12/h3-7,13,16H,2,8-11H2,1H3/t13-/m1/s1. The quantitative estimate of drug-likeness (QED) is 0.813. The molecule has 0 spiro atoms. The van der Waals surface area contributed by atoms with E-state index in [0.29, 0.717) is 26.2 Å². The fourth-order valence-corrected chi connectivity index (χ4v) is 2.30. The smallest absolute Gasteiger partial charge is 0.307 e. The van der Waals surface area contributed by atoms with E-state index in [2.05, 4.69) is 5.32 Å². The van der Waals surface area contributed by atoms with Gasteiger partial charge in [0.05, 0.1) is 19.1 Å². The number of piperazine rings is 1. The summed E-state index contributed by atoms with van der Waals surface area (Å²) in [6.07, 6.45) is 0.0952. The molecule has 1 aromatic rings. The molecule has 1 aliphatic rings. The van der Waals surface area contributed by atoms with Gasteiger partial charge in [0.25, 0.3) is 0 Å². The molecule has 0 saturated carbocycles. The molecule has 1 N–H and O–H groups in total. The molecule has 1 atom stereocenters. The minimum Gasteiger partial charge on any atom is -0.466 e. The number of carbonyl (C=O) groups is 2. The zero-order valence-corrected chi connectivity index (χ0v) is 11.7. The van der Waals surface area contributed by atoms with E-state index in [4.69, 9.17) is 4.74 Å². The van der Waals surface area contributed by atoms with Crippen LogP contribution in [0.3, 0.4) is 0 Å². The summed E-state index contributed by atoms with van der Waals surface area (Å²) < 4.78 is 4.90. The molecule has 1 heterocycles. The summed E-state index contributed by atoms with van der Waals surface area (Å²) in [6, 6.07) is 9.39. The van der Waals surface area contributed by atoms with Crippen molar-refractivity contribution < 1.29 is 14.3 Å². The molecule has 5 heteroatoms. The highest BCUT2D eigenvalue weighted by Gasteiger charge is 2.30. The number of nitrogens with zero attached hydrogens (tertiary/aromatic N) is 1. The van der Waals surface area contributed by atoms with Crippen molar-refractivity contribution >= 4 is 11.9 Å². The third-order valence-corrected chi connectivity index (χ3v) is 3.27. The molecule has 0 bridgehead atoms. The minimum absolute atomic E-state index is 0.0341. The van der Waals surface area contributed by atoms with E-state index < -0.39 is 6.04 Å². The van der Waals surface area contributed by atoms with Crippen LogP contribution in [0.4, 0.5) is 0 Å². The fraction of sp³-hybridized carbons (Fsp3) is 0.467.